The molecule has 1 fully saturated rings. The Balaban J connectivity index is 1.42. The van der Waals surface area contributed by atoms with E-state index in [1.165, 1.54) is 18.0 Å². The lowest BCUT2D eigenvalue weighted by Crippen LogP contribution is -2.61. The van der Waals surface area contributed by atoms with E-state index in [0.29, 0.717) is 38.2 Å². The van der Waals surface area contributed by atoms with E-state index in [1.807, 2.05) is 71.8 Å². The van der Waals surface area contributed by atoms with Gasteiger partial charge in [-0.05, 0) is 81.2 Å². The second-order valence-electron chi connectivity index (χ2n) is 16.5. The first-order chi connectivity index (χ1) is 31.4. The SMILES string of the molecule is CC(=O)N1CCC[C@H]1C(=O)N[C@@H](CC(C)C)C(=O)N[C@@H](Cc1cncn1CCCCCCO/N=C/c1cccc(-n2cccc2)c1)C(=O)N[C@@H](CO)C(=O)N[C@H](C(N)=O)[C@@H](C)OP(=O)(O)O. The van der Waals surface area contributed by atoms with Gasteiger partial charge in [0, 0.05) is 56.4 Å². The summed E-state index contributed by atoms with van der Waals surface area (Å²) in [6, 6.07) is 4.93. The van der Waals surface area contributed by atoms with E-state index in [4.69, 9.17) is 10.6 Å². The van der Waals surface area contributed by atoms with Crippen molar-refractivity contribution >= 4 is 49.5 Å². The number of rotatable bonds is 27. The third-order valence-electron chi connectivity index (χ3n) is 10.8. The Hall–Kier alpha value is -5.93. The number of phosphoric acid groups is 1. The number of aliphatic hydroxyl groups is 1. The molecule has 22 nitrogen and oxygen atoms in total. The molecule has 0 radical (unpaired) electrons. The summed E-state index contributed by atoms with van der Waals surface area (Å²) in [5.41, 5.74) is 7.79. The van der Waals surface area contributed by atoms with Crippen LogP contribution in [-0.4, -0.2) is 132 Å². The Bertz CT molecular complexity index is 2160. The number of oxime groups is 1. The third-order valence-corrected chi connectivity index (χ3v) is 11.4. The summed E-state index contributed by atoms with van der Waals surface area (Å²) in [4.78, 5) is 109. The van der Waals surface area contributed by atoms with Crippen molar-refractivity contribution in [2.45, 2.75) is 122 Å². The number of hydrogen-bond acceptors (Lipinski definition) is 12. The predicted molar refractivity (Wildman–Crippen MR) is 240 cm³/mol. The van der Waals surface area contributed by atoms with Gasteiger partial charge in [0.2, 0.25) is 35.4 Å². The number of primary amides is 1. The van der Waals surface area contributed by atoms with Crippen molar-refractivity contribution < 1.29 is 57.6 Å². The summed E-state index contributed by atoms with van der Waals surface area (Å²) in [7, 11) is -5.12. The molecule has 1 aromatic carbocycles. The Labute approximate surface area is 383 Å². The summed E-state index contributed by atoms with van der Waals surface area (Å²) in [5.74, 6) is -4.94. The van der Waals surface area contributed by atoms with Gasteiger partial charge in [0.25, 0.3) is 0 Å². The summed E-state index contributed by atoms with van der Waals surface area (Å²) in [6.07, 6.45) is 11.2. The number of nitrogens with one attached hydrogen (secondary N) is 4. The number of unbranched alkanes of at least 4 members (excludes halogenated alkanes) is 3. The van der Waals surface area contributed by atoms with Crippen LogP contribution in [0.5, 0.6) is 0 Å². The molecule has 23 heteroatoms. The fraction of sp³-hybridized carbons (Fsp3) is 0.535. The second-order valence-corrected chi connectivity index (χ2v) is 17.7. The average Bonchev–Trinajstić information content (AvgIpc) is 4.06. The Morgan fingerprint density at radius 1 is 0.939 bits per heavy atom. The summed E-state index contributed by atoms with van der Waals surface area (Å²) in [5, 5.41) is 24.3. The smallest absolute Gasteiger partial charge is 0.396 e. The number of aliphatic hydroxyl groups excluding tert-OH is 1. The fourth-order valence-electron chi connectivity index (χ4n) is 7.44. The van der Waals surface area contributed by atoms with E-state index >= 15 is 0 Å². The largest absolute Gasteiger partial charge is 0.469 e. The number of nitrogens with two attached hydrogens (primary N) is 1. The molecular weight excluding hydrogens is 880 g/mol. The van der Waals surface area contributed by atoms with Gasteiger partial charge in [-0.25, -0.2) is 9.55 Å². The van der Waals surface area contributed by atoms with Crippen LogP contribution in [0.2, 0.25) is 0 Å². The van der Waals surface area contributed by atoms with Crippen LogP contribution in [0.3, 0.4) is 0 Å². The standard InChI is InChI=1S/C43H63N10O12P/c1-28(2)21-34(48-43(60)37-15-12-19-53(37)30(4)55)40(57)47-35(41(58)49-36(26-54)42(59)50-38(39(44)56)29(3)65-66(61,62)63)23-33-25-45-27-52(33)18-7-5-6-10-20-64-46-24-31-13-11-14-32(22-31)51-16-8-9-17-51/h8-9,11,13-14,16-17,22,24-25,27-29,34-38,54H,5-7,10,12,15,18-21,23,26H2,1-4H3,(H2,44,56)(H,47,57)(H,48,60)(H,49,58)(H,50,59)(H2,61,62,63)/b46-24+/t29-,34+,35+,36+,37+,38+/m1/s1. The molecule has 4 rings (SSSR count). The van der Waals surface area contributed by atoms with Gasteiger partial charge in [0.1, 0.15) is 36.8 Å². The van der Waals surface area contributed by atoms with Crippen LogP contribution in [0.15, 0.2) is 66.5 Å². The number of carbonyl (C=O) groups is 6. The zero-order chi connectivity index (χ0) is 48.4. The number of benzene rings is 1. The molecule has 6 atom stereocenters. The maximum Gasteiger partial charge on any atom is 0.469 e. The third kappa shape index (κ3) is 16.8. The number of nitrogens with zero attached hydrogens (tertiary/aromatic N) is 5. The van der Waals surface area contributed by atoms with Crippen molar-refractivity contribution in [1.82, 2.24) is 40.3 Å². The van der Waals surface area contributed by atoms with Gasteiger partial charge in [-0.1, -0.05) is 37.6 Å². The van der Waals surface area contributed by atoms with Crippen molar-refractivity contribution in [2.24, 2.45) is 16.8 Å². The number of aryl methyl sites for hydroxylation is 1. The zero-order valence-electron chi connectivity index (χ0n) is 37.7. The minimum atomic E-state index is -5.12. The van der Waals surface area contributed by atoms with Gasteiger partial charge >= 0.3 is 7.82 Å². The molecule has 0 spiro atoms. The van der Waals surface area contributed by atoms with E-state index < -0.39 is 80.3 Å². The number of amides is 6. The van der Waals surface area contributed by atoms with Crippen LogP contribution in [0.25, 0.3) is 5.69 Å². The van der Waals surface area contributed by atoms with Gasteiger partial charge in [-0.3, -0.25) is 33.3 Å². The molecule has 1 aliphatic heterocycles. The molecule has 0 bridgehead atoms. The highest BCUT2D eigenvalue weighted by Crippen LogP contribution is 2.38. The van der Waals surface area contributed by atoms with Crippen molar-refractivity contribution in [2.75, 3.05) is 19.8 Å². The summed E-state index contributed by atoms with van der Waals surface area (Å²) < 4.78 is 19.7. The topological polar surface area (TPSA) is 311 Å². The lowest BCUT2D eigenvalue weighted by molar-refractivity contribution is -0.139. The first kappa shape index (κ1) is 52.7. The van der Waals surface area contributed by atoms with Crippen molar-refractivity contribution in [3.05, 3.63) is 72.6 Å². The van der Waals surface area contributed by atoms with Crippen LogP contribution in [0.1, 0.15) is 83.9 Å². The molecule has 0 unspecified atom stereocenters. The molecule has 3 aromatic rings. The number of imidazole rings is 1. The van der Waals surface area contributed by atoms with Crippen molar-refractivity contribution in [3.8, 4) is 5.69 Å². The van der Waals surface area contributed by atoms with Gasteiger partial charge < -0.3 is 60.8 Å². The normalized spacial score (nSPS) is 16.3. The quantitative estimate of drug-likeness (QED) is 0.0227. The average molecular weight is 943 g/mol. The second kappa shape index (κ2) is 25.7. The summed E-state index contributed by atoms with van der Waals surface area (Å²) in [6.45, 7) is 6.44. The molecule has 6 amide bonds. The Kier molecular flexibility index (Phi) is 20.5. The van der Waals surface area contributed by atoms with Crippen LogP contribution in [0.4, 0.5) is 0 Å². The van der Waals surface area contributed by atoms with E-state index in [-0.39, 0.29) is 24.7 Å². The van der Waals surface area contributed by atoms with Crippen LogP contribution in [0, 0.1) is 5.92 Å². The Morgan fingerprint density at radius 2 is 1.62 bits per heavy atom. The zero-order valence-corrected chi connectivity index (χ0v) is 38.5. The van der Waals surface area contributed by atoms with Crippen LogP contribution >= 0.6 is 7.82 Å². The molecule has 9 N–H and O–H groups in total. The lowest BCUT2D eigenvalue weighted by atomic mass is 10.0. The molecule has 1 saturated heterocycles. The monoisotopic (exact) mass is 942 g/mol. The number of likely N-dealkylation sites (tertiary alicyclic amines) is 1. The molecular formula is C43H63N10O12P. The van der Waals surface area contributed by atoms with E-state index in [1.54, 1.807) is 12.5 Å². The fourth-order valence-corrected chi connectivity index (χ4v) is 8.00. The maximum atomic E-state index is 14.1. The molecule has 2 aromatic heterocycles. The van der Waals surface area contributed by atoms with Gasteiger partial charge in [0.15, 0.2) is 0 Å². The minimum absolute atomic E-state index is 0.0995. The van der Waals surface area contributed by atoms with Crippen molar-refractivity contribution in [3.63, 3.8) is 0 Å². The molecule has 362 valence electrons. The molecule has 0 saturated carbocycles. The highest BCUT2D eigenvalue weighted by molar-refractivity contribution is 7.46. The van der Waals surface area contributed by atoms with Crippen LogP contribution < -0.4 is 27.0 Å². The lowest BCUT2D eigenvalue weighted by Gasteiger charge is -2.28. The Morgan fingerprint density at radius 3 is 2.29 bits per heavy atom. The molecule has 0 aliphatic carbocycles. The van der Waals surface area contributed by atoms with Gasteiger partial charge in [-0.15, -0.1) is 0 Å². The first-order valence-electron chi connectivity index (χ1n) is 21.9. The molecule has 66 heavy (non-hydrogen) atoms. The maximum absolute atomic E-state index is 14.1. The molecule has 1 aliphatic rings. The first-order valence-corrected chi connectivity index (χ1v) is 23.4. The number of phosphoric ester groups is 1. The number of hydrogen-bond donors (Lipinski definition) is 8. The number of aromatic nitrogens is 3. The highest BCUT2D eigenvalue weighted by Gasteiger charge is 2.37. The van der Waals surface area contributed by atoms with E-state index in [9.17, 15) is 48.2 Å². The van der Waals surface area contributed by atoms with E-state index in [0.717, 1.165) is 43.9 Å². The predicted octanol–water partition coefficient (Wildman–Crippen LogP) is 0.799. The van der Waals surface area contributed by atoms with Gasteiger partial charge in [0.05, 0.1) is 25.3 Å². The summed E-state index contributed by atoms with van der Waals surface area (Å²) >= 11 is 0. The highest BCUT2D eigenvalue weighted by atomic mass is 31.2. The van der Waals surface area contributed by atoms with E-state index in [2.05, 4.69) is 35.9 Å². The van der Waals surface area contributed by atoms with Crippen LogP contribution in [-0.2, 0) is 55.7 Å². The minimum Gasteiger partial charge on any atom is -0.396 e. The molecule has 3 heterocycles. The van der Waals surface area contributed by atoms with Crippen molar-refractivity contribution in [1.29, 1.82) is 0 Å². The van der Waals surface area contributed by atoms with Gasteiger partial charge in [-0.2, -0.15) is 0 Å². The number of carbonyl (C=O) groups excluding carboxylic acids is 6.